The number of rotatable bonds is 5. The number of carbonyl (C=O) groups excluding carboxylic acids is 1. The van der Waals surface area contributed by atoms with Crippen LogP contribution in [0.2, 0.25) is 0 Å². The van der Waals surface area contributed by atoms with E-state index in [0.29, 0.717) is 5.69 Å². The summed E-state index contributed by atoms with van der Waals surface area (Å²) >= 11 is 0. The summed E-state index contributed by atoms with van der Waals surface area (Å²) in [6, 6.07) is 11.8. The fraction of sp³-hybridized carbons (Fsp3) is 0.188. The van der Waals surface area contributed by atoms with Crippen LogP contribution in [-0.2, 0) is 10.2 Å². The minimum Gasteiger partial charge on any atom is -0.319 e. The Morgan fingerprint density at radius 2 is 1.58 bits per heavy atom. The highest BCUT2D eigenvalue weighted by molar-refractivity contribution is 7.90. The summed E-state index contributed by atoms with van der Waals surface area (Å²) in [6.07, 6.45) is 0. The third kappa shape index (κ3) is 3.72. The van der Waals surface area contributed by atoms with Crippen molar-refractivity contribution in [1.29, 1.82) is 0 Å². The van der Waals surface area contributed by atoms with Crippen LogP contribution < -0.4 is 9.62 Å². The Hall–Kier alpha value is -2.45. The topological polar surface area (TPSA) is 69.7 Å². The van der Waals surface area contributed by atoms with E-state index < -0.39 is 21.9 Å². The van der Waals surface area contributed by atoms with Crippen LogP contribution in [0.1, 0.15) is 10.4 Å². The second-order valence-electron chi connectivity index (χ2n) is 5.24. The van der Waals surface area contributed by atoms with Gasteiger partial charge in [-0.1, -0.05) is 12.1 Å². The Morgan fingerprint density at radius 1 is 1.00 bits per heavy atom. The Labute approximate surface area is 140 Å². The van der Waals surface area contributed by atoms with Gasteiger partial charge < -0.3 is 5.32 Å². The van der Waals surface area contributed by atoms with Crippen LogP contribution >= 0.6 is 0 Å². The second kappa shape index (κ2) is 6.98. The van der Waals surface area contributed by atoms with E-state index in [1.165, 1.54) is 63.6 Å². The fourth-order valence-electron chi connectivity index (χ4n) is 1.96. The van der Waals surface area contributed by atoms with Crippen molar-refractivity contribution in [1.82, 2.24) is 4.31 Å². The van der Waals surface area contributed by atoms with Gasteiger partial charge in [-0.2, -0.15) is 12.7 Å². The van der Waals surface area contributed by atoms with Crippen molar-refractivity contribution in [2.24, 2.45) is 0 Å². The summed E-state index contributed by atoms with van der Waals surface area (Å²) < 4.78 is 39.9. The lowest BCUT2D eigenvalue weighted by molar-refractivity contribution is 0.102. The quantitative estimate of drug-likeness (QED) is 0.899. The molecule has 0 aliphatic heterocycles. The molecule has 8 heteroatoms. The average molecular weight is 351 g/mol. The van der Waals surface area contributed by atoms with Crippen LogP contribution in [0, 0.1) is 5.82 Å². The molecule has 0 aromatic heterocycles. The molecule has 0 aliphatic rings. The van der Waals surface area contributed by atoms with Gasteiger partial charge in [-0.05, 0) is 36.4 Å². The third-order valence-corrected chi connectivity index (χ3v) is 5.25. The van der Waals surface area contributed by atoms with Crippen LogP contribution in [0.25, 0.3) is 0 Å². The Balaban J connectivity index is 2.18. The highest BCUT2D eigenvalue weighted by Crippen LogP contribution is 2.19. The van der Waals surface area contributed by atoms with Crippen molar-refractivity contribution in [2.75, 3.05) is 30.8 Å². The number of nitrogens with one attached hydrogen (secondary N) is 1. The molecule has 0 radical (unpaired) electrons. The molecule has 24 heavy (non-hydrogen) atoms. The molecule has 1 N–H and O–H groups in total. The summed E-state index contributed by atoms with van der Waals surface area (Å²) in [5.41, 5.74) is 0.780. The Kier molecular flexibility index (Phi) is 5.20. The number of hydrogen-bond donors (Lipinski definition) is 1. The second-order valence-corrected chi connectivity index (χ2v) is 7.41. The molecule has 0 heterocycles. The molecule has 0 saturated carbocycles. The first-order valence-corrected chi connectivity index (χ1v) is 8.45. The van der Waals surface area contributed by atoms with Crippen molar-refractivity contribution >= 4 is 27.5 Å². The molecule has 0 atom stereocenters. The van der Waals surface area contributed by atoms with Gasteiger partial charge in [0, 0.05) is 26.7 Å². The summed E-state index contributed by atoms with van der Waals surface area (Å²) in [5, 5.41) is 2.47. The predicted molar refractivity (Wildman–Crippen MR) is 91.8 cm³/mol. The first kappa shape index (κ1) is 17.9. The molecular weight excluding hydrogens is 333 g/mol. The maximum atomic E-state index is 13.5. The highest BCUT2D eigenvalue weighted by atomic mass is 32.2. The first-order chi connectivity index (χ1) is 11.2. The molecule has 128 valence electrons. The summed E-state index contributed by atoms with van der Waals surface area (Å²) in [6.45, 7) is 0. The molecule has 0 aliphatic carbocycles. The largest absolute Gasteiger partial charge is 0.319 e. The monoisotopic (exact) mass is 351 g/mol. The lowest BCUT2D eigenvalue weighted by Gasteiger charge is -2.23. The van der Waals surface area contributed by atoms with E-state index in [9.17, 15) is 17.6 Å². The van der Waals surface area contributed by atoms with Gasteiger partial charge in [0.25, 0.3) is 5.91 Å². The van der Waals surface area contributed by atoms with Crippen molar-refractivity contribution in [3.05, 3.63) is 59.9 Å². The molecular formula is C16H18FN3O3S. The van der Waals surface area contributed by atoms with E-state index in [0.717, 1.165) is 8.61 Å². The molecule has 0 unspecified atom stereocenters. The molecule has 0 saturated heterocycles. The Morgan fingerprint density at radius 3 is 2.12 bits per heavy atom. The smallest absolute Gasteiger partial charge is 0.303 e. The number of hydrogen-bond acceptors (Lipinski definition) is 3. The van der Waals surface area contributed by atoms with Crippen LogP contribution in [0.15, 0.2) is 48.5 Å². The van der Waals surface area contributed by atoms with Crippen LogP contribution in [0.4, 0.5) is 15.8 Å². The van der Waals surface area contributed by atoms with Gasteiger partial charge in [-0.15, -0.1) is 0 Å². The summed E-state index contributed by atoms with van der Waals surface area (Å²) in [4.78, 5) is 12.1. The standard InChI is InChI=1S/C16H18FN3O3S/c1-19(2)24(22,23)20(3)13-10-8-12(9-11-13)16(21)18-15-7-5-4-6-14(15)17/h4-11H,1-3H3,(H,18,21). The first-order valence-electron chi connectivity index (χ1n) is 7.06. The highest BCUT2D eigenvalue weighted by Gasteiger charge is 2.21. The van der Waals surface area contributed by atoms with Crippen LogP contribution in [0.5, 0.6) is 0 Å². The van der Waals surface area contributed by atoms with Gasteiger partial charge in [0.2, 0.25) is 0 Å². The number of carbonyl (C=O) groups is 1. The van der Waals surface area contributed by atoms with Gasteiger partial charge in [-0.25, -0.2) is 4.39 Å². The van der Waals surface area contributed by atoms with E-state index >= 15 is 0 Å². The zero-order chi connectivity index (χ0) is 17.9. The molecule has 2 aromatic carbocycles. The van der Waals surface area contributed by atoms with E-state index in [4.69, 9.17) is 0 Å². The average Bonchev–Trinajstić information content (AvgIpc) is 2.56. The van der Waals surface area contributed by atoms with Gasteiger partial charge in [0.1, 0.15) is 5.82 Å². The number of benzene rings is 2. The van der Waals surface area contributed by atoms with Crippen LogP contribution in [-0.4, -0.2) is 39.8 Å². The van der Waals surface area contributed by atoms with Gasteiger partial charge in [-0.3, -0.25) is 9.10 Å². The van der Waals surface area contributed by atoms with Gasteiger partial charge >= 0.3 is 10.2 Å². The van der Waals surface area contributed by atoms with Gasteiger partial charge in [0.15, 0.2) is 0 Å². The van der Waals surface area contributed by atoms with Crippen LogP contribution in [0.3, 0.4) is 0 Å². The van der Waals surface area contributed by atoms with E-state index in [1.54, 1.807) is 6.07 Å². The SMILES string of the molecule is CN(C)S(=O)(=O)N(C)c1ccc(C(=O)Nc2ccccc2F)cc1. The molecule has 2 rings (SSSR count). The van der Waals surface area contributed by atoms with Crippen molar-refractivity contribution in [3.8, 4) is 0 Å². The van der Waals surface area contributed by atoms with E-state index in [2.05, 4.69) is 5.32 Å². The van der Waals surface area contributed by atoms with E-state index in [1.807, 2.05) is 0 Å². The molecule has 6 nitrogen and oxygen atoms in total. The van der Waals surface area contributed by atoms with Crippen molar-refractivity contribution < 1.29 is 17.6 Å². The molecule has 0 bridgehead atoms. The molecule has 1 amide bonds. The maximum absolute atomic E-state index is 13.5. The fourth-order valence-corrected chi connectivity index (χ4v) is 2.84. The Bertz CT molecular complexity index is 836. The zero-order valence-corrected chi connectivity index (χ0v) is 14.3. The molecule has 2 aromatic rings. The van der Waals surface area contributed by atoms with Gasteiger partial charge in [0.05, 0.1) is 11.4 Å². The molecule has 0 spiro atoms. The minimum atomic E-state index is -3.60. The lowest BCUT2D eigenvalue weighted by atomic mass is 10.2. The molecule has 0 fully saturated rings. The number of nitrogens with zero attached hydrogens (tertiary/aromatic N) is 2. The summed E-state index contributed by atoms with van der Waals surface area (Å²) in [5.74, 6) is -1.01. The number of anilines is 2. The zero-order valence-electron chi connectivity index (χ0n) is 13.5. The number of amides is 1. The number of para-hydroxylation sites is 1. The lowest BCUT2D eigenvalue weighted by Crippen LogP contribution is -2.37. The maximum Gasteiger partial charge on any atom is 0.303 e. The van der Waals surface area contributed by atoms with E-state index in [-0.39, 0.29) is 11.3 Å². The number of halogens is 1. The predicted octanol–water partition coefficient (Wildman–Crippen LogP) is 2.32. The van der Waals surface area contributed by atoms with Crippen molar-refractivity contribution in [3.63, 3.8) is 0 Å². The normalized spacial score (nSPS) is 11.4. The minimum absolute atomic E-state index is 0.0823. The van der Waals surface area contributed by atoms with Crippen molar-refractivity contribution in [2.45, 2.75) is 0 Å². The third-order valence-electron chi connectivity index (χ3n) is 3.42. The summed E-state index contributed by atoms with van der Waals surface area (Å²) in [7, 11) is 0.685.